The molecule has 5 rings (SSSR count). The summed E-state index contributed by atoms with van der Waals surface area (Å²) < 4.78 is 40.0. The fourth-order valence-electron chi connectivity index (χ4n) is 5.99. The minimum absolute atomic E-state index is 0.0712. The number of nitrogens with zero attached hydrogens (tertiary/aromatic N) is 2. The van der Waals surface area contributed by atoms with Crippen LogP contribution < -0.4 is 0 Å². The summed E-state index contributed by atoms with van der Waals surface area (Å²) in [4.78, 5) is 20.1. The molecule has 0 saturated carbocycles. The highest BCUT2D eigenvalue weighted by atomic mass is 19.2. The number of carbonyl (C=O) groups excluding carboxylic acids is 1. The van der Waals surface area contributed by atoms with Gasteiger partial charge in [-0.05, 0) is 86.0 Å². The summed E-state index contributed by atoms with van der Waals surface area (Å²) in [5, 5.41) is 11.5. The first-order chi connectivity index (χ1) is 17.9. The summed E-state index contributed by atoms with van der Waals surface area (Å²) in [6.45, 7) is 3.08. The van der Waals surface area contributed by atoms with Crippen LogP contribution in [0.4, 0.5) is 13.2 Å². The van der Waals surface area contributed by atoms with Crippen LogP contribution in [-0.4, -0.2) is 64.6 Å². The van der Waals surface area contributed by atoms with Crippen molar-refractivity contribution in [3.8, 4) is 0 Å². The van der Waals surface area contributed by atoms with Gasteiger partial charge in [-0.15, -0.1) is 0 Å². The molecule has 2 fully saturated rings. The first kappa shape index (κ1) is 25.5. The van der Waals surface area contributed by atoms with Crippen LogP contribution in [0.2, 0.25) is 0 Å². The number of aliphatic hydroxyl groups is 1. The number of H-pyrrole nitrogens is 1. The summed E-state index contributed by atoms with van der Waals surface area (Å²) in [5.41, 5.74) is 2.64. The minimum atomic E-state index is -1.52. The van der Waals surface area contributed by atoms with Crippen LogP contribution in [0, 0.1) is 23.4 Å². The number of aromatic nitrogens is 1. The van der Waals surface area contributed by atoms with Gasteiger partial charge in [-0.25, -0.2) is 13.2 Å². The van der Waals surface area contributed by atoms with Crippen LogP contribution in [0.5, 0.6) is 0 Å². The highest BCUT2D eigenvalue weighted by molar-refractivity contribution is 5.91. The summed E-state index contributed by atoms with van der Waals surface area (Å²) in [6.07, 6.45) is 8.37. The molecular formula is C29H32F3N3O2. The first-order valence-electron chi connectivity index (χ1n) is 13.0. The zero-order chi connectivity index (χ0) is 25.9. The number of benzene rings is 2. The Bertz CT molecular complexity index is 1250. The SMILES string of the molecule is O=C(/C=C/c1cc(F)c(F)c(F)c1)N1CCC([C@H](CO)N2CCC(c3c[nH]c4ccccc34)CC2)CC1. The lowest BCUT2D eigenvalue weighted by molar-refractivity contribution is -0.127. The van der Waals surface area contributed by atoms with Gasteiger partial charge in [-0.3, -0.25) is 9.69 Å². The van der Waals surface area contributed by atoms with Crippen molar-refractivity contribution in [1.29, 1.82) is 0 Å². The van der Waals surface area contributed by atoms with E-state index in [2.05, 4.69) is 34.3 Å². The number of aliphatic hydroxyl groups excluding tert-OH is 1. The first-order valence-corrected chi connectivity index (χ1v) is 13.0. The van der Waals surface area contributed by atoms with Crippen LogP contribution >= 0.6 is 0 Å². The third kappa shape index (κ3) is 5.45. The summed E-state index contributed by atoms with van der Waals surface area (Å²) in [6, 6.07) is 10.2. The van der Waals surface area contributed by atoms with E-state index in [1.807, 2.05) is 6.07 Å². The number of hydrogen-bond acceptors (Lipinski definition) is 3. The molecule has 2 N–H and O–H groups in total. The van der Waals surface area contributed by atoms with Gasteiger partial charge < -0.3 is 15.0 Å². The molecule has 2 aromatic carbocycles. The molecule has 37 heavy (non-hydrogen) atoms. The molecule has 2 aliphatic heterocycles. The number of aromatic amines is 1. The highest BCUT2D eigenvalue weighted by Gasteiger charge is 2.33. The molecule has 196 valence electrons. The smallest absolute Gasteiger partial charge is 0.246 e. The van der Waals surface area contributed by atoms with Gasteiger partial charge in [0.25, 0.3) is 0 Å². The van der Waals surface area contributed by atoms with E-state index >= 15 is 0 Å². The predicted octanol–water partition coefficient (Wildman–Crippen LogP) is 5.08. The molecule has 5 nitrogen and oxygen atoms in total. The Hall–Kier alpha value is -3.10. The minimum Gasteiger partial charge on any atom is -0.395 e. The Morgan fingerprint density at radius 3 is 2.38 bits per heavy atom. The van der Waals surface area contributed by atoms with Crippen molar-refractivity contribution < 1.29 is 23.1 Å². The fraction of sp³-hybridized carbons (Fsp3) is 0.414. The molecule has 3 aromatic rings. The van der Waals surface area contributed by atoms with Crippen molar-refractivity contribution in [3.63, 3.8) is 0 Å². The number of nitrogens with one attached hydrogen (secondary N) is 1. The lowest BCUT2D eigenvalue weighted by atomic mass is 9.84. The fourth-order valence-corrected chi connectivity index (χ4v) is 5.99. The van der Waals surface area contributed by atoms with Gasteiger partial charge in [0.1, 0.15) is 0 Å². The topological polar surface area (TPSA) is 59.6 Å². The van der Waals surface area contributed by atoms with Crippen LogP contribution in [0.1, 0.15) is 42.7 Å². The maximum absolute atomic E-state index is 13.4. The highest BCUT2D eigenvalue weighted by Crippen LogP contribution is 2.35. The standard InChI is InChI=1S/C29H32F3N3O2/c30-24-15-19(16-25(31)29(24)32)5-6-28(37)35-13-9-21(10-14-35)27(18-36)34-11-7-20(8-12-34)23-17-33-26-4-2-1-3-22(23)26/h1-6,15-17,20-21,27,33,36H,7-14,18H2/b6-5+/t27-/m0/s1. The Kier molecular flexibility index (Phi) is 7.67. The Balaban J connectivity index is 1.14. The Morgan fingerprint density at radius 2 is 1.70 bits per heavy atom. The lowest BCUT2D eigenvalue weighted by Gasteiger charge is -2.43. The van der Waals surface area contributed by atoms with E-state index in [9.17, 15) is 23.1 Å². The average Bonchev–Trinajstić information content (AvgIpc) is 3.36. The van der Waals surface area contributed by atoms with Crippen LogP contribution in [0.3, 0.4) is 0 Å². The second-order valence-electron chi connectivity index (χ2n) is 10.1. The van der Waals surface area contributed by atoms with Crippen molar-refractivity contribution in [2.75, 3.05) is 32.8 Å². The monoisotopic (exact) mass is 511 g/mol. The van der Waals surface area contributed by atoms with Gasteiger partial charge in [0.15, 0.2) is 17.5 Å². The van der Waals surface area contributed by atoms with Crippen molar-refractivity contribution in [2.24, 2.45) is 5.92 Å². The molecule has 3 heterocycles. The van der Waals surface area contributed by atoms with Crippen molar-refractivity contribution >= 4 is 22.9 Å². The molecule has 0 spiro atoms. The Labute approximate surface area is 214 Å². The molecule has 0 radical (unpaired) electrons. The van der Waals surface area contributed by atoms with E-state index in [0.717, 1.165) is 50.9 Å². The molecule has 0 unspecified atom stereocenters. The number of amides is 1. The molecule has 2 aliphatic rings. The maximum Gasteiger partial charge on any atom is 0.246 e. The van der Waals surface area contributed by atoms with Gasteiger partial charge in [0.2, 0.25) is 5.91 Å². The molecule has 1 amide bonds. The molecular weight excluding hydrogens is 479 g/mol. The molecule has 0 aliphatic carbocycles. The van der Waals surface area contributed by atoms with Gasteiger partial charge in [0.05, 0.1) is 6.61 Å². The number of hydrogen-bond donors (Lipinski definition) is 2. The molecule has 1 atom stereocenters. The molecule has 2 saturated heterocycles. The van der Waals surface area contributed by atoms with Crippen LogP contribution in [0.15, 0.2) is 48.7 Å². The van der Waals surface area contributed by atoms with Gasteiger partial charge in [-0.1, -0.05) is 18.2 Å². The van der Waals surface area contributed by atoms with Gasteiger partial charge >= 0.3 is 0 Å². The van der Waals surface area contributed by atoms with E-state index in [1.165, 1.54) is 28.6 Å². The molecule has 8 heteroatoms. The van der Waals surface area contributed by atoms with E-state index in [4.69, 9.17) is 0 Å². The van der Waals surface area contributed by atoms with Gasteiger partial charge in [0, 0.05) is 42.3 Å². The van der Waals surface area contributed by atoms with Crippen LogP contribution in [-0.2, 0) is 4.79 Å². The number of carbonyl (C=O) groups is 1. The summed E-state index contributed by atoms with van der Waals surface area (Å²) in [5.74, 6) is -3.54. The number of piperidine rings is 2. The maximum atomic E-state index is 13.4. The van der Waals surface area contributed by atoms with E-state index in [-0.39, 0.29) is 24.1 Å². The van der Waals surface area contributed by atoms with E-state index in [0.29, 0.717) is 24.9 Å². The quantitative estimate of drug-likeness (QED) is 0.359. The Morgan fingerprint density at radius 1 is 1.03 bits per heavy atom. The number of para-hydroxylation sites is 1. The predicted molar refractivity (Wildman–Crippen MR) is 137 cm³/mol. The van der Waals surface area contributed by atoms with Crippen molar-refractivity contribution in [1.82, 2.24) is 14.8 Å². The second-order valence-corrected chi connectivity index (χ2v) is 10.1. The normalized spacial score (nSPS) is 19.2. The van der Waals surface area contributed by atoms with Crippen LogP contribution in [0.25, 0.3) is 17.0 Å². The number of rotatable bonds is 6. The number of fused-ring (bicyclic) bond motifs is 1. The largest absolute Gasteiger partial charge is 0.395 e. The number of likely N-dealkylation sites (tertiary alicyclic amines) is 2. The van der Waals surface area contributed by atoms with Gasteiger partial charge in [-0.2, -0.15) is 0 Å². The molecule has 0 bridgehead atoms. The summed E-state index contributed by atoms with van der Waals surface area (Å²) >= 11 is 0. The summed E-state index contributed by atoms with van der Waals surface area (Å²) in [7, 11) is 0. The van der Waals surface area contributed by atoms with Crippen molar-refractivity contribution in [3.05, 3.63) is 77.2 Å². The third-order valence-corrected chi connectivity index (χ3v) is 8.07. The molecule has 1 aromatic heterocycles. The lowest BCUT2D eigenvalue weighted by Crippen LogP contribution is -2.50. The van der Waals surface area contributed by atoms with E-state index < -0.39 is 17.5 Å². The zero-order valence-electron chi connectivity index (χ0n) is 20.7. The zero-order valence-corrected chi connectivity index (χ0v) is 20.7. The van der Waals surface area contributed by atoms with Crippen molar-refractivity contribution in [2.45, 2.75) is 37.6 Å². The second kappa shape index (κ2) is 11.1. The van der Waals surface area contributed by atoms with E-state index in [1.54, 1.807) is 4.90 Å². The number of halogens is 3. The third-order valence-electron chi connectivity index (χ3n) is 8.07. The average molecular weight is 512 g/mol.